The highest BCUT2D eigenvalue weighted by Crippen LogP contribution is 2.36. The van der Waals surface area contributed by atoms with Crippen molar-refractivity contribution in [3.05, 3.63) is 35.9 Å². The predicted octanol–water partition coefficient (Wildman–Crippen LogP) is 2.53. The zero-order chi connectivity index (χ0) is 16.2. The summed E-state index contributed by atoms with van der Waals surface area (Å²) in [6.07, 6.45) is 4.42. The largest absolute Gasteiger partial charge is 0.370 e. The van der Waals surface area contributed by atoms with Gasteiger partial charge in [-0.05, 0) is 24.3 Å². The van der Waals surface area contributed by atoms with Crippen molar-refractivity contribution in [2.24, 2.45) is 22.6 Å². The van der Waals surface area contributed by atoms with Crippen molar-refractivity contribution in [2.75, 3.05) is 20.1 Å². The number of nitrogens with two attached hydrogens (primary N) is 1. The van der Waals surface area contributed by atoms with E-state index >= 15 is 0 Å². The number of amides is 1. The van der Waals surface area contributed by atoms with Gasteiger partial charge in [0.1, 0.15) is 0 Å². The number of rotatable bonds is 5. The summed E-state index contributed by atoms with van der Waals surface area (Å²) in [4.78, 5) is 18.4. The van der Waals surface area contributed by atoms with Crippen LogP contribution in [0.15, 0.2) is 35.3 Å². The van der Waals surface area contributed by atoms with Gasteiger partial charge < -0.3 is 16.0 Å². The molecule has 132 valence electrons. The maximum atomic E-state index is 12.1. The van der Waals surface area contributed by atoms with Gasteiger partial charge in [0.15, 0.2) is 5.96 Å². The monoisotopic (exact) mass is 442 g/mol. The van der Waals surface area contributed by atoms with E-state index in [9.17, 15) is 4.79 Å². The Kier molecular flexibility index (Phi) is 6.89. The highest BCUT2D eigenvalue weighted by atomic mass is 127. The lowest BCUT2D eigenvalue weighted by Gasteiger charge is -2.26. The number of nitrogens with one attached hydrogen (secondary N) is 1. The van der Waals surface area contributed by atoms with Gasteiger partial charge in [0.2, 0.25) is 5.91 Å². The highest BCUT2D eigenvalue weighted by molar-refractivity contribution is 14.0. The van der Waals surface area contributed by atoms with E-state index in [4.69, 9.17) is 5.73 Å². The zero-order valence-electron chi connectivity index (χ0n) is 14.1. The average Bonchev–Trinajstić information content (AvgIpc) is 2.79. The summed E-state index contributed by atoms with van der Waals surface area (Å²) < 4.78 is 0. The summed E-state index contributed by atoms with van der Waals surface area (Å²) in [5.74, 6) is 1.63. The first-order valence-corrected chi connectivity index (χ1v) is 8.49. The van der Waals surface area contributed by atoms with E-state index < -0.39 is 0 Å². The van der Waals surface area contributed by atoms with E-state index in [1.165, 1.54) is 24.8 Å². The van der Waals surface area contributed by atoms with E-state index in [-0.39, 0.29) is 41.8 Å². The van der Waals surface area contributed by atoms with E-state index in [2.05, 4.69) is 22.4 Å². The molecule has 1 saturated carbocycles. The molecule has 6 heteroatoms. The molecule has 2 aliphatic rings. The number of guanidine groups is 1. The first-order valence-electron chi connectivity index (χ1n) is 8.49. The Hall–Kier alpha value is -1.31. The van der Waals surface area contributed by atoms with Crippen LogP contribution in [0.1, 0.15) is 37.3 Å². The SMILES string of the molecule is CN1C(=O)CC(CNC(N)=NCC2CCC2)C1c1ccccc1.I. The second-order valence-corrected chi connectivity index (χ2v) is 6.73. The summed E-state index contributed by atoms with van der Waals surface area (Å²) in [5.41, 5.74) is 7.15. The fraction of sp³-hybridized carbons (Fsp3) is 0.556. The molecule has 1 aromatic carbocycles. The molecule has 0 spiro atoms. The van der Waals surface area contributed by atoms with Crippen molar-refractivity contribution in [1.82, 2.24) is 10.2 Å². The minimum atomic E-state index is 0. The molecule has 1 aliphatic heterocycles. The minimum Gasteiger partial charge on any atom is -0.370 e. The molecule has 2 atom stereocenters. The molecule has 1 saturated heterocycles. The molecule has 5 nitrogen and oxygen atoms in total. The van der Waals surface area contributed by atoms with E-state index in [1.807, 2.05) is 30.1 Å². The van der Waals surface area contributed by atoms with Gasteiger partial charge in [0, 0.05) is 32.5 Å². The number of hydrogen-bond acceptors (Lipinski definition) is 2. The van der Waals surface area contributed by atoms with E-state index in [0.717, 1.165) is 6.54 Å². The molecule has 0 aromatic heterocycles. The molecule has 0 bridgehead atoms. The Morgan fingerprint density at radius 2 is 2.04 bits per heavy atom. The number of aliphatic imine (C=N–C) groups is 1. The molecule has 1 heterocycles. The third kappa shape index (κ3) is 4.40. The highest BCUT2D eigenvalue weighted by Gasteiger charge is 2.38. The first kappa shape index (κ1) is 19.0. The van der Waals surface area contributed by atoms with Crippen LogP contribution in [0.5, 0.6) is 0 Å². The maximum absolute atomic E-state index is 12.1. The summed E-state index contributed by atoms with van der Waals surface area (Å²) in [7, 11) is 1.88. The second-order valence-electron chi connectivity index (χ2n) is 6.73. The van der Waals surface area contributed by atoms with Crippen LogP contribution in [-0.2, 0) is 4.79 Å². The van der Waals surface area contributed by atoms with E-state index in [0.29, 0.717) is 24.8 Å². The van der Waals surface area contributed by atoms with Crippen molar-refractivity contribution < 1.29 is 4.79 Å². The predicted molar refractivity (Wildman–Crippen MR) is 107 cm³/mol. The number of benzene rings is 1. The average molecular weight is 442 g/mol. The number of nitrogens with zero attached hydrogens (tertiary/aromatic N) is 2. The summed E-state index contributed by atoms with van der Waals surface area (Å²) in [6, 6.07) is 10.3. The van der Waals surface area contributed by atoms with Crippen LogP contribution in [0.25, 0.3) is 0 Å². The topological polar surface area (TPSA) is 70.7 Å². The lowest BCUT2D eigenvalue weighted by atomic mass is 9.86. The van der Waals surface area contributed by atoms with Crippen LogP contribution in [0.4, 0.5) is 0 Å². The Labute approximate surface area is 161 Å². The number of carbonyl (C=O) groups excluding carboxylic acids is 1. The van der Waals surface area contributed by atoms with Crippen molar-refractivity contribution in [3.63, 3.8) is 0 Å². The van der Waals surface area contributed by atoms with Gasteiger partial charge in [-0.15, -0.1) is 24.0 Å². The molecule has 1 aromatic rings. The number of carbonyl (C=O) groups is 1. The molecule has 0 radical (unpaired) electrons. The van der Waals surface area contributed by atoms with Gasteiger partial charge in [-0.2, -0.15) is 0 Å². The van der Waals surface area contributed by atoms with Crippen LogP contribution >= 0.6 is 24.0 Å². The third-order valence-electron chi connectivity index (χ3n) is 5.13. The van der Waals surface area contributed by atoms with Crippen molar-refractivity contribution >= 4 is 35.8 Å². The quantitative estimate of drug-likeness (QED) is 0.418. The van der Waals surface area contributed by atoms with Gasteiger partial charge in [-0.3, -0.25) is 9.79 Å². The van der Waals surface area contributed by atoms with Crippen molar-refractivity contribution in [2.45, 2.75) is 31.7 Å². The Balaban J connectivity index is 0.00000208. The normalized spacial score (nSPS) is 24.5. The summed E-state index contributed by atoms with van der Waals surface area (Å²) in [5, 5.41) is 3.22. The van der Waals surface area contributed by atoms with Crippen LogP contribution < -0.4 is 11.1 Å². The van der Waals surface area contributed by atoms with Crippen LogP contribution in [-0.4, -0.2) is 36.9 Å². The summed E-state index contributed by atoms with van der Waals surface area (Å²) in [6.45, 7) is 1.50. The molecular formula is C18H27IN4O. The lowest BCUT2D eigenvalue weighted by Crippen LogP contribution is -2.37. The molecule has 3 rings (SSSR count). The Morgan fingerprint density at radius 3 is 2.67 bits per heavy atom. The fourth-order valence-corrected chi connectivity index (χ4v) is 3.48. The number of likely N-dealkylation sites (tertiary alicyclic amines) is 1. The molecule has 1 amide bonds. The second kappa shape index (κ2) is 8.69. The van der Waals surface area contributed by atoms with E-state index in [1.54, 1.807) is 0 Å². The third-order valence-corrected chi connectivity index (χ3v) is 5.13. The molecule has 24 heavy (non-hydrogen) atoms. The number of hydrogen-bond donors (Lipinski definition) is 2. The van der Waals surface area contributed by atoms with Crippen LogP contribution in [0, 0.1) is 11.8 Å². The lowest BCUT2D eigenvalue weighted by molar-refractivity contribution is -0.127. The Bertz CT molecular complexity index is 574. The minimum absolute atomic E-state index is 0. The molecule has 1 aliphatic carbocycles. The smallest absolute Gasteiger partial charge is 0.223 e. The van der Waals surface area contributed by atoms with Crippen molar-refractivity contribution in [1.29, 1.82) is 0 Å². The maximum Gasteiger partial charge on any atom is 0.223 e. The molecular weight excluding hydrogens is 415 g/mol. The van der Waals surface area contributed by atoms with Gasteiger partial charge in [-0.25, -0.2) is 0 Å². The molecule has 2 fully saturated rings. The van der Waals surface area contributed by atoms with Gasteiger partial charge >= 0.3 is 0 Å². The molecule has 3 N–H and O–H groups in total. The fourth-order valence-electron chi connectivity index (χ4n) is 3.48. The van der Waals surface area contributed by atoms with Gasteiger partial charge in [0.05, 0.1) is 6.04 Å². The van der Waals surface area contributed by atoms with Crippen LogP contribution in [0.2, 0.25) is 0 Å². The van der Waals surface area contributed by atoms with Crippen LogP contribution in [0.3, 0.4) is 0 Å². The van der Waals surface area contributed by atoms with Gasteiger partial charge in [-0.1, -0.05) is 36.8 Å². The van der Waals surface area contributed by atoms with Gasteiger partial charge in [0.25, 0.3) is 0 Å². The number of halogens is 1. The van der Waals surface area contributed by atoms with Crippen molar-refractivity contribution in [3.8, 4) is 0 Å². The zero-order valence-corrected chi connectivity index (χ0v) is 16.5. The summed E-state index contributed by atoms with van der Waals surface area (Å²) >= 11 is 0. The standard InChI is InChI=1S/C18H26N4O.HI/c1-22-16(23)10-15(17(22)14-8-3-2-4-9-14)12-21-18(19)20-11-13-6-5-7-13;/h2-4,8-9,13,15,17H,5-7,10-12H2,1H3,(H3,19,20,21);1H. The Morgan fingerprint density at radius 1 is 1.33 bits per heavy atom. The first-order chi connectivity index (χ1) is 11.1. The molecule has 2 unspecified atom stereocenters.